The number of rotatable bonds is 71. The quantitative estimate of drug-likeness (QED) is 0.0320. The summed E-state index contributed by atoms with van der Waals surface area (Å²) in [6, 6.07) is -0.541. The Labute approximate surface area is 508 Å². The number of carbonyl (C=O) groups excluding carboxylic acids is 2. The van der Waals surface area contributed by atoms with Gasteiger partial charge in [0.25, 0.3) is 0 Å². The molecule has 1 amide bonds. The van der Waals surface area contributed by atoms with E-state index < -0.39 is 12.1 Å². The maximum Gasteiger partial charge on any atom is 0.305 e. The number of hydrogen-bond donors (Lipinski definition) is 3. The van der Waals surface area contributed by atoms with E-state index in [1.807, 2.05) is 0 Å². The summed E-state index contributed by atoms with van der Waals surface area (Å²) in [7, 11) is 0. The molecule has 81 heavy (non-hydrogen) atoms. The molecule has 0 aliphatic rings. The molecule has 2 atom stereocenters. The van der Waals surface area contributed by atoms with E-state index in [4.69, 9.17) is 4.74 Å². The molecule has 6 nitrogen and oxygen atoms in total. The predicted molar refractivity (Wildman–Crippen MR) is 357 cm³/mol. The first kappa shape index (κ1) is 79.6. The fraction of sp³-hybridized carbons (Fsp3) is 0.947. The van der Waals surface area contributed by atoms with Crippen LogP contribution in [0.25, 0.3) is 0 Å². The molecule has 0 aromatic rings. The Morgan fingerprint density at radius 3 is 0.877 bits per heavy atom. The molecule has 6 heteroatoms. The van der Waals surface area contributed by atoms with Crippen molar-refractivity contribution < 1.29 is 24.5 Å². The van der Waals surface area contributed by atoms with Crippen LogP contribution in [0.2, 0.25) is 0 Å². The normalized spacial score (nSPS) is 12.5. The molecule has 0 radical (unpaired) electrons. The van der Waals surface area contributed by atoms with Crippen LogP contribution in [0.5, 0.6) is 0 Å². The first-order chi connectivity index (χ1) is 40.0. The lowest BCUT2D eigenvalue weighted by atomic mass is 10.0. The van der Waals surface area contributed by atoms with Crippen molar-refractivity contribution in [3.8, 4) is 0 Å². The number of carbonyl (C=O) groups is 2. The van der Waals surface area contributed by atoms with Crippen molar-refractivity contribution in [2.24, 2.45) is 0 Å². The molecular formula is C75H147NO5. The van der Waals surface area contributed by atoms with Gasteiger partial charge in [-0.25, -0.2) is 0 Å². The highest BCUT2D eigenvalue weighted by Crippen LogP contribution is 2.20. The molecule has 0 heterocycles. The average Bonchev–Trinajstić information content (AvgIpc) is 3.47. The molecule has 0 saturated heterocycles. The molecule has 0 saturated carbocycles. The van der Waals surface area contributed by atoms with Gasteiger partial charge < -0.3 is 20.3 Å². The van der Waals surface area contributed by atoms with Gasteiger partial charge in [-0.15, -0.1) is 0 Å². The van der Waals surface area contributed by atoms with Gasteiger partial charge in [0.15, 0.2) is 0 Å². The zero-order valence-electron chi connectivity index (χ0n) is 55.3. The lowest BCUT2D eigenvalue weighted by Crippen LogP contribution is -2.45. The SMILES string of the molecule is CCCCCCC/C=C\CCCCCCCC(=O)OCCCCCCCCCCCCCCCCCCCCCCCCCCCC(=O)NC(CO)C(O)CCCCCCCCCCCCCCCCCCCCCCCCCCC. The van der Waals surface area contributed by atoms with E-state index in [1.165, 1.54) is 353 Å². The van der Waals surface area contributed by atoms with Gasteiger partial charge in [0.05, 0.1) is 25.4 Å². The topological polar surface area (TPSA) is 95.9 Å². The monoisotopic (exact) mass is 1140 g/mol. The Balaban J connectivity index is 3.36. The Morgan fingerprint density at radius 2 is 0.580 bits per heavy atom. The number of amides is 1. The minimum absolute atomic E-state index is 0.00919. The number of allylic oxidation sites excluding steroid dienone is 2. The van der Waals surface area contributed by atoms with Gasteiger partial charge in [-0.1, -0.05) is 379 Å². The summed E-state index contributed by atoms with van der Waals surface area (Å²) in [5.74, 6) is -0.0182. The van der Waals surface area contributed by atoms with Gasteiger partial charge >= 0.3 is 5.97 Å². The summed E-state index contributed by atoms with van der Waals surface area (Å²) in [5, 5.41) is 23.5. The summed E-state index contributed by atoms with van der Waals surface area (Å²) >= 11 is 0. The van der Waals surface area contributed by atoms with E-state index in [0.29, 0.717) is 25.9 Å². The van der Waals surface area contributed by atoms with Gasteiger partial charge in [0.1, 0.15) is 0 Å². The number of hydrogen-bond acceptors (Lipinski definition) is 5. The Kier molecular flexibility index (Phi) is 69.9. The van der Waals surface area contributed by atoms with Crippen molar-refractivity contribution in [2.75, 3.05) is 13.2 Å². The van der Waals surface area contributed by atoms with Gasteiger partial charge in [-0.05, 0) is 51.4 Å². The minimum Gasteiger partial charge on any atom is -0.466 e. The molecule has 0 aromatic carbocycles. The highest BCUT2D eigenvalue weighted by atomic mass is 16.5. The highest BCUT2D eigenvalue weighted by molar-refractivity contribution is 5.76. The minimum atomic E-state index is -0.664. The van der Waals surface area contributed by atoms with Crippen LogP contribution < -0.4 is 5.32 Å². The van der Waals surface area contributed by atoms with Gasteiger partial charge in [0, 0.05) is 12.8 Å². The largest absolute Gasteiger partial charge is 0.466 e. The summed E-state index contributed by atoms with van der Waals surface area (Å²) in [4.78, 5) is 24.6. The highest BCUT2D eigenvalue weighted by Gasteiger charge is 2.20. The van der Waals surface area contributed by atoms with Crippen LogP contribution in [0.1, 0.15) is 431 Å². The number of esters is 1. The lowest BCUT2D eigenvalue weighted by Gasteiger charge is -2.22. The van der Waals surface area contributed by atoms with E-state index >= 15 is 0 Å². The van der Waals surface area contributed by atoms with Crippen LogP contribution in [0.15, 0.2) is 12.2 Å². The Hall–Kier alpha value is -1.40. The first-order valence-corrected chi connectivity index (χ1v) is 37.4. The first-order valence-electron chi connectivity index (χ1n) is 37.4. The summed E-state index contributed by atoms with van der Waals surface area (Å²) in [6.45, 7) is 4.99. The molecule has 0 rings (SSSR count). The van der Waals surface area contributed by atoms with Crippen LogP contribution >= 0.6 is 0 Å². The van der Waals surface area contributed by atoms with Gasteiger partial charge in [-0.2, -0.15) is 0 Å². The third kappa shape index (κ3) is 67.6. The van der Waals surface area contributed by atoms with Crippen molar-refractivity contribution in [3.63, 3.8) is 0 Å². The second-order valence-corrected chi connectivity index (χ2v) is 26.0. The third-order valence-electron chi connectivity index (χ3n) is 17.8. The Morgan fingerprint density at radius 1 is 0.333 bits per heavy atom. The van der Waals surface area contributed by atoms with E-state index in [2.05, 4.69) is 31.3 Å². The van der Waals surface area contributed by atoms with Crippen LogP contribution in [-0.2, 0) is 14.3 Å². The van der Waals surface area contributed by atoms with Crippen LogP contribution in [0.4, 0.5) is 0 Å². The molecule has 0 aromatic heterocycles. The zero-order valence-corrected chi connectivity index (χ0v) is 55.3. The zero-order chi connectivity index (χ0) is 58.5. The molecule has 3 N–H and O–H groups in total. The number of nitrogens with one attached hydrogen (secondary N) is 1. The number of ether oxygens (including phenoxy) is 1. The van der Waals surface area contributed by atoms with E-state index in [-0.39, 0.29) is 18.5 Å². The second kappa shape index (κ2) is 71.1. The summed E-state index contributed by atoms with van der Waals surface area (Å²) in [5.41, 5.74) is 0. The molecular weight excluding hydrogens is 995 g/mol. The van der Waals surface area contributed by atoms with Crippen molar-refractivity contribution in [3.05, 3.63) is 12.2 Å². The smallest absolute Gasteiger partial charge is 0.305 e. The fourth-order valence-electron chi connectivity index (χ4n) is 12.1. The standard InChI is InChI=1S/C75H147NO5/c1-3-5-7-9-11-13-15-17-19-20-21-22-23-25-28-31-34-37-40-43-47-51-55-59-63-67-73(78)72(71-77)76-74(79)68-64-60-56-52-48-44-41-38-35-32-29-26-24-27-30-33-36-39-42-46-50-54-58-62-66-70-81-75(80)69-65-61-57-53-49-45-18-16-14-12-10-8-6-4-2/h16,18,72-73,77-78H,3-15,17,19-71H2,1-2H3,(H,76,79)/b18-16-. The molecule has 0 aliphatic heterocycles. The van der Waals surface area contributed by atoms with Crippen molar-refractivity contribution >= 4 is 11.9 Å². The lowest BCUT2D eigenvalue weighted by molar-refractivity contribution is -0.143. The van der Waals surface area contributed by atoms with E-state index in [1.54, 1.807) is 0 Å². The molecule has 0 fully saturated rings. The molecule has 0 bridgehead atoms. The van der Waals surface area contributed by atoms with Crippen molar-refractivity contribution in [2.45, 2.75) is 443 Å². The van der Waals surface area contributed by atoms with E-state index in [9.17, 15) is 19.8 Å². The molecule has 2 unspecified atom stereocenters. The van der Waals surface area contributed by atoms with E-state index in [0.717, 1.165) is 44.9 Å². The molecule has 482 valence electrons. The number of aliphatic hydroxyl groups excluding tert-OH is 2. The predicted octanol–water partition coefficient (Wildman–Crippen LogP) is 24.3. The van der Waals surface area contributed by atoms with Crippen LogP contribution in [0.3, 0.4) is 0 Å². The Bertz CT molecular complexity index is 1220. The summed E-state index contributed by atoms with van der Waals surface area (Å²) in [6.07, 6.45) is 88.5. The fourth-order valence-corrected chi connectivity index (χ4v) is 12.1. The van der Waals surface area contributed by atoms with Crippen molar-refractivity contribution in [1.29, 1.82) is 0 Å². The third-order valence-corrected chi connectivity index (χ3v) is 17.8. The average molecular weight is 1140 g/mol. The van der Waals surface area contributed by atoms with Gasteiger partial charge in [-0.3, -0.25) is 9.59 Å². The maximum atomic E-state index is 12.6. The van der Waals surface area contributed by atoms with Crippen molar-refractivity contribution in [1.82, 2.24) is 5.32 Å². The van der Waals surface area contributed by atoms with Crippen LogP contribution in [0, 0.1) is 0 Å². The molecule has 0 aliphatic carbocycles. The van der Waals surface area contributed by atoms with Gasteiger partial charge in [0.2, 0.25) is 5.91 Å². The number of unbranched alkanes of at least 4 members (excludes halogenated alkanes) is 58. The summed E-state index contributed by atoms with van der Waals surface area (Å²) < 4.78 is 5.49. The maximum absolute atomic E-state index is 12.6. The number of aliphatic hydroxyl groups is 2. The van der Waals surface area contributed by atoms with Crippen LogP contribution in [-0.4, -0.2) is 47.4 Å². The molecule has 0 spiro atoms. The second-order valence-electron chi connectivity index (χ2n) is 26.0.